The van der Waals surface area contributed by atoms with E-state index in [1.54, 1.807) is 42.3 Å². The Morgan fingerprint density at radius 3 is 1.94 bits per heavy atom. The van der Waals surface area contributed by atoms with Gasteiger partial charge in [0.15, 0.2) is 0 Å². The highest BCUT2D eigenvalue weighted by Gasteiger charge is 2.33. The first-order valence-corrected chi connectivity index (χ1v) is 9.80. The van der Waals surface area contributed by atoms with Gasteiger partial charge in [0.25, 0.3) is 5.91 Å². The number of carboxylic acids is 2. The van der Waals surface area contributed by atoms with Crippen LogP contribution < -0.4 is 4.74 Å². The summed E-state index contributed by atoms with van der Waals surface area (Å²) in [6.07, 6.45) is -4.36. The van der Waals surface area contributed by atoms with Crippen LogP contribution in [0.3, 0.4) is 0 Å². The monoisotopic (exact) mass is 468 g/mol. The molecule has 1 aliphatic heterocycles. The van der Waals surface area contributed by atoms with Crippen LogP contribution >= 0.6 is 0 Å². The molecular weight excluding hydrogens is 445 g/mol. The number of ether oxygens (including phenoxy) is 1. The van der Waals surface area contributed by atoms with Crippen molar-refractivity contribution in [2.75, 3.05) is 33.3 Å². The highest BCUT2D eigenvalue weighted by molar-refractivity contribution is 6.27. The number of alkyl halides is 3. The third-order valence-corrected chi connectivity index (χ3v) is 4.90. The topological polar surface area (TPSA) is 107 Å². The first-order chi connectivity index (χ1) is 15.5. The fraction of sp³-hybridized carbons (Fsp3) is 0.318. The van der Waals surface area contributed by atoms with Crippen LogP contribution in [0.5, 0.6) is 5.75 Å². The standard InChI is InChI=1S/C20H21F3N2O2.C2H2O4/c1-27-17-8-6-15(7-9-17)19(26)25-12-10-24(11-13-25)14-16-4-2-3-5-18(16)20(21,22)23;3-1(4)2(5)6/h2-9H,10-14H2,1H3;(H,3,4)(H,5,6). The van der Waals surface area contributed by atoms with Gasteiger partial charge in [-0.25, -0.2) is 9.59 Å². The van der Waals surface area contributed by atoms with E-state index in [4.69, 9.17) is 24.5 Å². The molecule has 2 aromatic carbocycles. The summed E-state index contributed by atoms with van der Waals surface area (Å²) in [5.74, 6) is -3.04. The molecule has 1 fully saturated rings. The number of hydrogen-bond acceptors (Lipinski definition) is 5. The number of carbonyl (C=O) groups excluding carboxylic acids is 1. The maximum atomic E-state index is 13.1. The second-order valence-electron chi connectivity index (χ2n) is 7.06. The lowest BCUT2D eigenvalue weighted by Crippen LogP contribution is -2.48. The smallest absolute Gasteiger partial charge is 0.416 e. The molecule has 0 bridgehead atoms. The lowest BCUT2D eigenvalue weighted by atomic mass is 10.1. The summed E-state index contributed by atoms with van der Waals surface area (Å²) < 4.78 is 44.5. The number of benzene rings is 2. The van der Waals surface area contributed by atoms with Crippen molar-refractivity contribution in [3.8, 4) is 5.75 Å². The fourth-order valence-corrected chi connectivity index (χ4v) is 3.20. The van der Waals surface area contributed by atoms with Gasteiger partial charge in [0.2, 0.25) is 0 Å². The average Bonchev–Trinajstić information content (AvgIpc) is 2.79. The Hall–Kier alpha value is -3.60. The van der Waals surface area contributed by atoms with Crippen LogP contribution in [-0.2, 0) is 22.3 Å². The van der Waals surface area contributed by atoms with Gasteiger partial charge in [0, 0.05) is 38.3 Å². The van der Waals surface area contributed by atoms with Crippen LogP contribution in [0, 0.1) is 0 Å². The van der Waals surface area contributed by atoms with Gasteiger partial charge in [-0.2, -0.15) is 13.2 Å². The minimum absolute atomic E-state index is 0.0759. The molecule has 2 N–H and O–H groups in total. The molecule has 2 aromatic rings. The molecule has 0 aromatic heterocycles. The molecule has 3 rings (SSSR count). The molecule has 8 nitrogen and oxygen atoms in total. The number of amides is 1. The van der Waals surface area contributed by atoms with Crippen LogP contribution in [0.4, 0.5) is 13.2 Å². The highest BCUT2D eigenvalue weighted by Crippen LogP contribution is 2.32. The summed E-state index contributed by atoms with van der Waals surface area (Å²) in [6, 6.07) is 12.5. The Labute approximate surface area is 187 Å². The number of rotatable bonds is 4. The van der Waals surface area contributed by atoms with Gasteiger partial charge in [0.1, 0.15) is 5.75 Å². The van der Waals surface area contributed by atoms with E-state index in [-0.39, 0.29) is 18.0 Å². The molecule has 0 saturated carbocycles. The Bertz CT molecular complexity index is 959. The van der Waals surface area contributed by atoms with Crippen LogP contribution in [0.1, 0.15) is 21.5 Å². The van der Waals surface area contributed by atoms with E-state index < -0.39 is 23.7 Å². The summed E-state index contributed by atoms with van der Waals surface area (Å²) in [6.45, 7) is 2.26. The molecule has 0 spiro atoms. The Balaban J connectivity index is 0.000000569. The first-order valence-electron chi connectivity index (χ1n) is 9.80. The first kappa shape index (κ1) is 25.7. The molecule has 11 heteroatoms. The van der Waals surface area contributed by atoms with Crippen LogP contribution in [-0.4, -0.2) is 71.1 Å². The van der Waals surface area contributed by atoms with Crippen molar-refractivity contribution in [2.45, 2.75) is 12.7 Å². The van der Waals surface area contributed by atoms with Gasteiger partial charge in [-0.3, -0.25) is 9.69 Å². The maximum Gasteiger partial charge on any atom is 0.416 e. The minimum atomic E-state index is -4.36. The zero-order valence-corrected chi connectivity index (χ0v) is 17.7. The number of nitrogens with zero attached hydrogens (tertiary/aromatic N) is 2. The summed E-state index contributed by atoms with van der Waals surface area (Å²) >= 11 is 0. The van der Waals surface area contributed by atoms with E-state index >= 15 is 0 Å². The molecule has 1 aliphatic rings. The average molecular weight is 468 g/mol. The molecule has 0 atom stereocenters. The Morgan fingerprint density at radius 1 is 0.909 bits per heavy atom. The molecule has 0 radical (unpaired) electrons. The number of methoxy groups -OCH3 is 1. The van der Waals surface area contributed by atoms with E-state index in [1.807, 2.05) is 4.90 Å². The van der Waals surface area contributed by atoms with Crippen molar-refractivity contribution in [1.29, 1.82) is 0 Å². The minimum Gasteiger partial charge on any atom is -0.497 e. The number of carbonyl (C=O) groups is 3. The van der Waals surface area contributed by atoms with Crippen molar-refractivity contribution < 1.29 is 42.5 Å². The quantitative estimate of drug-likeness (QED) is 0.665. The number of carboxylic acid groups (broad SMARTS) is 2. The summed E-state index contributed by atoms with van der Waals surface area (Å²) in [5.41, 5.74) is 0.244. The maximum absolute atomic E-state index is 13.1. The number of piperazine rings is 1. The number of halogens is 3. The number of aliphatic carboxylic acids is 2. The summed E-state index contributed by atoms with van der Waals surface area (Å²) in [4.78, 5) is 34.4. The van der Waals surface area contributed by atoms with Crippen molar-refractivity contribution in [3.63, 3.8) is 0 Å². The van der Waals surface area contributed by atoms with Crippen molar-refractivity contribution >= 4 is 17.8 Å². The van der Waals surface area contributed by atoms with Gasteiger partial charge in [-0.05, 0) is 35.9 Å². The van der Waals surface area contributed by atoms with Crippen LogP contribution in [0.2, 0.25) is 0 Å². The van der Waals surface area contributed by atoms with E-state index in [1.165, 1.54) is 12.1 Å². The lowest BCUT2D eigenvalue weighted by molar-refractivity contribution is -0.159. The number of hydrogen-bond donors (Lipinski definition) is 2. The van der Waals surface area contributed by atoms with E-state index in [9.17, 15) is 18.0 Å². The predicted octanol–water partition coefficient (Wildman–Crippen LogP) is 2.83. The highest BCUT2D eigenvalue weighted by atomic mass is 19.4. The second kappa shape index (κ2) is 11.3. The zero-order valence-electron chi connectivity index (χ0n) is 17.7. The van der Waals surface area contributed by atoms with Gasteiger partial charge >= 0.3 is 18.1 Å². The summed E-state index contributed by atoms with van der Waals surface area (Å²) in [7, 11) is 1.56. The van der Waals surface area contributed by atoms with Crippen LogP contribution in [0.15, 0.2) is 48.5 Å². The van der Waals surface area contributed by atoms with Crippen molar-refractivity contribution in [1.82, 2.24) is 9.80 Å². The summed E-state index contributed by atoms with van der Waals surface area (Å²) in [5, 5.41) is 14.8. The Morgan fingerprint density at radius 2 is 1.45 bits per heavy atom. The molecule has 0 unspecified atom stereocenters. The molecule has 178 valence electrons. The zero-order chi connectivity index (χ0) is 24.6. The molecule has 1 amide bonds. The molecule has 0 aliphatic carbocycles. The largest absolute Gasteiger partial charge is 0.497 e. The molecular formula is C22H23F3N2O6. The fourth-order valence-electron chi connectivity index (χ4n) is 3.20. The lowest BCUT2D eigenvalue weighted by Gasteiger charge is -2.35. The molecule has 33 heavy (non-hydrogen) atoms. The van der Waals surface area contributed by atoms with Crippen molar-refractivity contribution in [3.05, 3.63) is 65.2 Å². The van der Waals surface area contributed by atoms with Gasteiger partial charge < -0.3 is 19.8 Å². The van der Waals surface area contributed by atoms with E-state index in [0.717, 1.165) is 6.07 Å². The Kier molecular flexibility index (Phi) is 8.80. The van der Waals surface area contributed by atoms with Gasteiger partial charge in [-0.15, -0.1) is 0 Å². The third-order valence-electron chi connectivity index (χ3n) is 4.90. The molecule has 1 heterocycles. The second-order valence-corrected chi connectivity index (χ2v) is 7.06. The van der Waals surface area contributed by atoms with E-state index in [2.05, 4.69) is 0 Å². The molecule has 1 saturated heterocycles. The predicted molar refractivity (Wildman–Crippen MR) is 111 cm³/mol. The normalized spacial score (nSPS) is 14.1. The van der Waals surface area contributed by atoms with Gasteiger partial charge in [0.05, 0.1) is 12.7 Å². The third kappa shape index (κ3) is 7.49. The van der Waals surface area contributed by atoms with Crippen LogP contribution in [0.25, 0.3) is 0 Å². The van der Waals surface area contributed by atoms with Gasteiger partial charge in [-0.1, -0.05) is 18.2 Å². The SMILES string of the molecule is COc1ccc(C(=O)N2CCN(Cc3ccccc3C(F)(F)F)CC2)cc1.O=C(O)C(=O)O. The van der Waals surface area contributed by atoms with E-state index in [0.29, 0.717) is 37.5 Å². The van der Waals surface area contributed by atoms with Crippen molar-refractivity contribution in [2.24, 2.45) is 0 Å².